The lowest BCUT2D eigenvalue weighted by atomic mass is 10.3. The summed E-state index contributed by atoms with van der Waals surface area (Å²) in [5, 5.41) is 6.58. The van der Waals surface area contributed by atoms with Crippen molar-refractivity contribution < 1.29 is 13.2 Å². The van der Waals surface area contributed by atoms with Gasteiger partial charge in [-0.25, -0.2) is 4.68 Å². The van der Waals surface area contributed by atoms with E-state index in [2.05, 4.69) is 22.5 Å². The maximum atomic E-state index is 12.5. The monoisotopic (exact) mass is 224 g/mol. The van der Waals surface area contributed by atoms with Crippen LogP contribution >= 0.6 is 12.2 Å². The Morgan fingerprint density at radius 1 is 1.57 bits per heavy atom. The summed E-state index contributed by atoms with van der Waals surface area (Å²) in [6.45, 7) is 1.58. The second kappa shape index (κ2) is 3.52. The molecule has 0 saturated heterocycles. The van der Waals surface area contributed by atoms with Crippen LogP contribution in [0.4, 0.5) is 13.2 Å². The summed E-state index contributed by atoms with van der Waals surface area (Å²) in [6.07, 6.45) is -4.54. The molecule has 0 radical (unpaired) electrons. The van der Waals surface area contributed by atoms with Gasteiger partial charge in [0.1, 0.15) is 4.99 Å². The van der Waals surface area contributed by atoms with Gasteiger partial charge in [-0.2, -0.15) is 13.2 Å². The molecule has 2 N–H and O–H groups in total. The van der Waals surface area contributed by atoms with Gasteiger partial charge in [0.05, 0.1) is 0 Å². The van der Waals surface area contributed by atoms with Gasteiger partial charge >= 0.3 is 6.18 Å². The molecule has 1 aromatic rings. The van der Waals surface area contributed by atoms with Crippen LogP contribution in [0.3, 0.4) is 0 Å². The number of nitrogens with two attached hydrogens (primary N) is 1. The lowest BCUT2D eigenvalue weighted by Gasteiger charge is -2.08. The maximum absolute atomic E-state index is 12.5. The summed E-state index contributed by atoms with van der Waals surface area (Å²) >= 11 is 4.44. The molecule has 78 valence electrons. The molecule has 0 spiro atoms. The Labute approximate surface area is 82.9 Å². The highest BCUT2D eigenvalue weighted by atomic mass is 32.1. The Balaban J connectivity index is 3.34. The zero-order valence-electron chi connectivity index (χ0n) is 7.17. The minimum absolute atomic E-state index is 0.0600. The van der Waals surface area contributed by atoms with E-state index in [4.69, 9.17) is 5.73 Å². The molecule has 0 fully saturated rings. The van der Waals surface area contributed by atoms with Gasteiger partial charge in [0.15, 0.2) is 11.4 Å². The zero-order valence-corrected chi connectivity index (χ0v) is 7.98. The van der Waals surface area contributed by atoms with E-state index in [-0.39, 0.29) is 6.54 Å². The van der Waals surface area contributed by atoms with E-state index >= 15 is 0 Å². The molecule has 0 bridgehead atoms. The van der Waals surface area contributed by atoms with Gasteiger partial charge in [-0.15, -0.1) is 5.10 Å². The number of nitrogens with zero attached hydrogens (tertiary/aromatic N) is 3. The van der Waals surface area contributed by atoms with Crippen molar-refractivity contribution >= 4 is 17.2 Å². The first-order valence-electron chi connectivity index (χ1n) is 3.68. The van der Waals surface area contributed by atoms with Crippen molar-refractivity contribution in [3.63, 3.8) is 0 Å². The van der Waals surface area contributed by atoms with Crippen molar-refractivity contribution in [3.8, 4) is 0 Å². The van der Waals surface area contributed by atoms with Crippen LogP contribution in [0.1, 0.15) is 18.3 Å². The summed E-state index contributed by atoms with van der Waals surface area (Å²) in [7, 11) is 0. The van der Waals surface area contributed by atoms with Gasteiger partial charge in [0.2, 0.25) is 0 Å². The van der Waals surface area contributed by atoms with E-state index in [1.54, 1.807) is 0 Å². The standard InChI is InChI=1S/C6H7F3N4S/c1-2-13-4(6(7,8)9)3(5(10)14)11-12-13/h2H2,1H3,(H2,10,14). The molecular formula is C6H7F3N4S. The van der Waals surface area contributed by atoms with E-state index in [1.807, 2.05) is 0 Å². The van der Waals surface area contributed by atoms with E-state index in [0.29, 0.717) is 4.68 Å². The molecule has 0 aromatic carbocycles. The lowest BCUT2D eigenvalue weighted by Crippen LogP contribution is -2.20. The first kappa shape index (κ1) is 10.9. The minimum atomic E-state index is -4.54. The fraction of sp³-hybridized carbons (Fsp3) is 0.500. The summed E-state index contributed by atoms with van der Waals surface area (Å²) in [4.78, 5) is -0.406. The SMILES string of the molecule is CCn1nnc(C(N)=S)c1C(F)(F)F. The molecular weight excluding hydrogens is 217 g/mol. The third-order valence-electron chi connectivity index (χ3n) is 1.54. The Morgan fingerprint density at radius 3 is 2.50 bits per heavy atom. The van der Waals surface area contributed by atoms with Crippen molar-refractivity contribution in [2.24, 2.45) is 5.73 Å². The molecule has 0 aliphatic rings. The molecule has 8 heteroatoms. The average Bonchev–Trinajstić information content (AvgIpc) is 2.45. The van der Waals surface area contributed by atoms with Crippen molar-refractivity contribution in [1.82, 2.24) is 15.0 Å². The normalized spacial score (nSPS) is 11.7. The average molecular weight is 224 g/mol. The van der Waals surface area contributed by atoms with Gasteiger partial charge < -0.3 is 5.73 Å². The van der Waals surface area contributed by atoms with Crippen LogP contribution in [0, 0.1) is 0 Å². The fourth-order valence-electron chi connectivity index (χ4n) is 0.981. The van der Waals surface area contributed by atoms with Crippen LogP contribution in [-0.2, 0) is 12.7 Å². The van der Waals surface area contributed by atoms with Gasteiger partial charge in [0.25, 0.3) is 0 Å². The number of halogens is 3. The number of rotatable bonds is 2. The number of alkyl halides is 3. The number of aromatic nitrogens is 3. The van der Waals surface area contributed by atoms with E-state index in [9.17, 15) is 13.2 Å². The summed E-state index contributed by atoms with van der Waals surface area (Å²) in [5.74, 6) is 0. The van der Waals surface area contributed by atoms with Crippen molar-refractivity contribution in [2.75, 3.05) is 0 Å². The molecule has 0 amide bonds. The molecule has 1 heterocycles. The molecule has 0 atom stereocenters. The molecule has 0 aliphatic carbocycles. The molecule has 14 heavy (non-hydrogen) atoms. The Bertz CT molecular complexity index is 356. The van der Waals surface area contributed by atoms with Crippen LogP contribution in [0.5, 0.6) is 0 Å². The van der Waals surface area contributed by atoms with Gasteiger partial charge in [-0.1, -0.05) is 17.4 Å². The topological polar surface area (TPSA) is 56.7 Å². The Kier molecular flexibility index (Phi) is 2.74. The highest BCUT2D eigenvalue weighted by Crippen LogP contribution is 2.30. The molecule has 1 aromatic heterocycles. The van der Waals surface area contributed by atoms with Crippen molar-refractivity contribution in [1.29, 1.82) is 0 Å². The summed E-state index contributed by atoms with van der Waals surface area (Å²) < 4.78 is 38.1. The zero-order chi connectivity index (χ0) is 10.9. The molecule has 0 aliphatic heterocycles. The largest absolute Gasteiger partial charge is 0.435 e. The molecule has 0 unspecified atom stereocenters. The van der Waals surface area contributed by atoms with Crippen molar-refractivity contribution in [3.05, 3.63) is 11.4 Å². The Hall–Kier alpha value is -1.18. The first-order chi connectivity index (χ1) is 6.38. The number of aryl methyl sites for hydroxylation is 1. The predicted octanol–water partition coefficient (Wildman–Crippen LogP) is 0.951. The van der Waals surface area contributed by atoms with Crippen LogP contribution in [0.15, 0.2) is 0 Å². The highest BCUT2D eigenvalue weighted by molar-refractivity contribution is 7.80. The molecule has 1 rings (SSSR count). The number of hydrogen-bond acceptors (Lipinski definition) is 3. The fourth-order valence-corrected chi connectivity index (χ4v) is 1.12. The van der Waals surface area contributed by atoms with Gasteiger partial charge in [-0.3, -0.25) is 0 Å². The second-order valence-corrected chi connectivity index (χ2v) is 2.90. The summed E-state index contributed by atoms with van der Waals surface area (Å²) in [5.41, 5.74) is 3.62. The highest BCUT2D eigenvalue weighted by Gasteiger charge is 2.39. The van der Waals surface area contributed by atoms with Gasteiger partial charge in [0, 0.05) is 6.54 Å². The number of thiocarbonyl (C=S) groups is 1. The maximum Gasteiger partial charge on any atom is 0.435 e. The first-order valence-corrected chi connectivity index (χ1v) is 4.09. The van der Waals surface area contributed by atoms with Crippen LogP contribution in [0.2, 0.25) is 0 Å². The number of hydrogen-bond donors (Lipinski definition) is 1. The lowest BCUT2D eigenvalue weighted by molar-refractivity contribution is -0.144. The van der Waals surface area contributed by atoms with Crippen LogP contribution < -0.4 is 5.73 Å². The van der Waals surface area contributed by atoms with E-state index < -0.39 is 22.6 Å². The van der Waals surface area contributed by atoms with Crippen LogP contribution in [0.25, 0.3) is 0 Å². The minimum Gasteiger partial charge on any atom is -0.388 e. The summed E-state index contributed by atoms with van der Waals surface area (Å²) in [6, 6.07) is 0. The van der Waals surface area contributed by atoms with Crippen LogP contribution in [-0.4, -0.2) is 20.0 Å². The smallest absolute Gasteiger partial charge is 0.388 e. The third kappa shape index (κ3) is 1.84. The predicted molar refractivity (Wildman–Crippen MR) is 46.6 cm³/mol. The molecule has 0 saturated carbocycles. The Morgan fingerprint density at radius 2 is 2.14 bits per heavy atom. The second-order valence-electron chi connectivity index (χ2n) is 2.46. The van der Waals surface area contributed by atoms with Gasteiger partial charge in [-0.05, 0) is 6.92 Å². The third-order valence-corrected chi connectivity index (χ3v) is 1.73. The van der Waals surface area contributed by atoms with E-state index in [0.717, 1.165) is 0 Å². The van der Waals surface area contributed by atoms with E-state index in [1.165, 1.54) is 6.92 Å². The van der Waals surface area contributed by atoms with Crippen molar-refractivity contribution in [2.45, 2.75) is 19.6 Å². The molecule has 4 nitrogen and oxygen atoms in total. The quantitative estimate of drug-likeness (QED) is 0.760.